The Hall–Kier alpha value is -1.18. The lowest BCUT2D eigenvalue weighted by Gasteiger charge is -2.32. The maximum atomic E-state index is 11.7. The largest absolute Gasteiger partial charge is 0.481 e. The first kappa shape index (κ1) is 16.2. The molecule has 0 radical (unpaired) electrons. The number of hydrogen-bond acceptors (Lipinski definition) is 5. The van der Waals surface area contributed by atoms with Crippen molar-refractivity contribution in [3.8, 4) is 5.88 Å². The van der Waals surface area contributed by atoms with Gasteiger partial charge in [-0.1, -0.05) is 6.07 Å². The molecule has 118 valence electrons. The van der Waals surface area contributed by atoms with Crippen molar-refractivity contribution < 1.29 is 13.2 Å². The molecule has 0 bridgehead atoms. The number of sulfonamides is 1. The van der Waals surface area contributed by atoms with Gasteiger partial charge >= 0.3 is 0 Å². The Labute approximate surface area is 126 Å². The van der Waals surface area contributed by atoms with Gasteiger partial charge in [-0.15, -0.1) is 0 Å². The summed E-state index contributed by atoms with van der Waals surface area (Å²) in [4.78, 5) is 4.16. The third kappa shape index (κ3) is 4.15. The average molecular weight is 313 g/mol. The maximum Gasteiger partial charge on any atom is 0.217 e. The van der Waals surface area contributed by atoms with Crippen LogP contribution in [0.2, 0.25) is 0 Å². The van der Waals surface area contributed by atoms with Crippen molar-refractivity contribution in [2.24, 2.45) is 11.7 Å². The maximum absolute atomic E-state index is 11.7. The third-order valence-electron chi connectivity index (χ3n) is 3.93. The van der Waals surface area contributed by atoms with Gasteiger partial charge in [-0.3, -0.25) is 0 Å². The zero-order valence-corrected chi connectivity index (χ0v) is 13.3. The molecule has 0 aliphatic carbocycles. The summed E-state index contributed by atoms with van der Waals surface area (Å²) in [7, 11) is -1.54. The molecule has 1 aliphatic rings. The molecule has 0 saturated carbocycles. The Morgan fingerprint density at radius 2 is 2.33 bits per heavy atom. The highest BCUT2D eigenvalue weighted by Crippen LogP contribution is 2.30. The van der Waals surface area contributed by atoms with Gasteiger partial charge in [0.15, 0.2) is 0 Å². The van der Waals surface area contributed by atoms with Crippen LogP contribution in [0.5, 0.6) is 5.88 Å². The van der Waals surface area contributed by atoms with Gasteiger partial charge < -0.3 is 10.5 Å². The van der Waals surface area contributed by atoms with E-state index in [1.54, 1.807) is 17.6 Å². The molecule has 1 saturated heterocycles. The summed E-state index contributed by atoms with van der Waals surface area (Å²) in [6.07, 6.45) is 5.55. The first-order valence-corrected chi connectivity index (χ1v) is 8.96. The van der Waals surface area contributed by atoms with E-state index >= 15 is 0 Å². The van der Waals surface area contributed by atoms with Crippen LogP contribution in [0.3, 0.4) is 0 Å². The smallest absolute Gasteiger partial charge is 0.217 e. The summed E-state index contributed by atoms with van der Waals surface area (Å²) in [6, 6.07) is 3.55. The molecular weight excluding hydrogens is 290 g/mol. The van der Waals surface area contributed by atoms with Crippen molar-refractivity contribution in [2.45, 2.75) is 25.3 Å². The molecule has 2 unspecified atom stereocenters. The lowest BCUT2D eigenvalue weighted by Crippen LogP contribution is -2.40. The van der Waals surface area contributed by atoms with Crippen molar-refractivity contribution >= 4 is 10.0 Å². The molecule has 1 aromatic heterocycles. The lowest BCUT2D eigenvalue weighted by molar-refractivity contribution is 0.245. The number of ether oxygens (including phenoxy) is 1. The van der Waals surface area contributed by atoms with Gasteiger partial charge in [0.1, 0.15) is 0 Å². The van der Waals surface area contributed by atoms with Gasteiger partial charge in [-0.25, -0.2) is 17.7 Å². The fourth-order valence-corrected chi connectivity index (χ4v) is 3.80. The zero-order chi connectivity index (χ0) is 15.5. The van der Waals surface area contributed by atoms with Gasteiger partial charge in [0.2, 0.25) is 15.9 Å². The number of aromatic nitrogens is 1. The van der Waals surface area contributed by atoms with Crippen molar-refractivity contribution in [2.75, 3.05) is 26.5 Å². The van der Waals surface area contributed by atoms with E-state index < -0.39 is 10.0 Å². The minimum absolute atomic E-state index is 0.196. The number of methoxy groups -OCH3 is 1. The Kier molecular flexibility index (Phi) is 5.18. The van der Waals surface area contributed by atoms with E-state index in [4.69, 9.17) is 10.5 Å². The molecule has 2 N–H and O–H groups in total. The normalized spacial score (nSPS) is 22.0. The third-order valence-corrected chi connectivity index (χ3v) is 5.20. The summed E-state index contributed by atoms with van der Waals surface area (Å²) >= 11 is 0. The van der Waals surface area contributed by atoms with Crippen LogP contribution in [-0.4, -0.2) is 44.2 Å². The summed E-state index contributed by atoms with van der Waals surface area (Å²) in [5.41, 5.74) is 7.14. The molecule has 1 aliphatic heterocycles. The standard InChI is InChI=1S/C14H23N3O3S/c1-20-14-12(6-3-7-16-14)13(15)9-11-5-4-8-17(10-11)21(2,18)19/h3,6-7,11,13H,4-5,8-10,15H2,1-2H3. The number of nitrogens with zero attached hydrogens (tertiary/aromatic N) is 2. The van der Waals surface area contributed by atoms with Crippen molar-refractivity contribution in [1.29, 1.82) is 0 Å². The second-order valence-electron chi connectivity index (χ2n) is 5.57. The van der Waals surface area contributed by atoms with E-state index in [-0.39, 0.29) is 12.0 Å². The monoisotopic (exact) mass is 313 g/mol. The number of piperidine rings is 1. The predicted octanol–water partition coefficient (Wildman–Crippen LogP) is 1.15. The number of pyridine rings is 1. The van der Waals surface area contributed by atoms with Crippen molar-refractivity contribution in [3.63, 3.8) is 0 Å². The quantitative estimate of drug-likeness (QED) is 0.881. The number of rotatable bonds is 5. The minimum Gasteiger partial charge on any atom is -0.481 e. The molecule has 2 rings (SSSR count). The minimum atomic E-state index is -3.12. The van der Waals surface area contributed by atoms with Crippen LogP contribution < -0.4 is 10.5 Å². The van der Waals surface area contributed by atoms with Crippen LogP contribution in [0.1, 0.15) is 30.9 Å². The molecule has 1 aromatic rings. The van der Waals surface area contributed by atoms with Gasteiger partial charge in [-0.2, -0.15) is 0 Å². The van der Waals surface area contributed by atoms with Gasteiger partial charge in [0, 0.05) is 30.9 Å². The Morgan fingerprint density at radius 1 is 1.57 bits per heavy atom. The molecule has 6 nitrogen and oxygen atoms in total. The summed E-state index contributed by atoms with van der Waals surface area (Å²) in [5.74, 6) is 0.814. The summed E-state index contributed by atoms with van der Waals surface area (Å²) < 4.78 is 30.1. The molecular formula is C14H23N3O3S. The molecule has 7 heteroatoms. The summed E-state index contributed by atoms with van der Waals surface area (Å²) in [5, 5.41) is 0. The van der Waals surface area contributed by atoms with Crippen LogP contribution >= 0.6 is 0 Å². The van der Waals surface area contributed by atoms with Crippen LogP contribution in [0.25, 0.3) is 0 Å². The van der Waals surface area contributed by atoms with Crippen LogP contribution in [0.4, 0.5) is 0 Å². The van der Waals surface area contributed by atoms with E-state index in [0.717, 1.165) is 24.8 Å². The van der Waals surface area contributed by atoms with E-state index in [0.29, 0.717) is 19.0 Å². The Morgan fingerprint density at radius 3 is 3.00 bits per heavy atom. The SMILES string of the molecule is COc1ncccc1C(N)CC1CCCN(S(C)(=O)=O)C1. The van der Waals surface area contributed by atoms with Gasteiger partial charge in [0.25, 0.3) is 0 Å². The van der Waals surface area contributed by atoms with E-state index in [9.17, 15) is 8.42 Å². The van der Waals surface area contributed by atoms with Crippen LogP contribution in [0, 0.1) is 5.92 Å². The van der Waals surface area contributed by atoms with Crippen molar-refractivity contribution in [3.05, 3.63) is 23.9 Å². The molecule has 0 aromatic carbocycles. The van der Waals surface area contributed by atoms with Gasteiger partial charge in [-0.05, 0) is 31.2 Å². The average Bonchev–Trinajstić information content (AvgIpc) is 2.46. The fraction of sp³-hybridized carbons (Fsp3) is 0.643. The molecule has 0 amide bonds. The predicted molar refractivity (Wildman–Crippen MR) is 81.5 cm³/mol. The highest BCUT2D eigenvalue weighted by atomic mass is 32.2. The zero-order valence-electron chi connectivity index (χ0n) is 12.5. The van der Waals surface area contributed by atoms with Gasteiger partial charge in [0.05, 0.1) is 13.4 Å². The molecule has 0 spiro atoms. The van der Waals surface area contributed by atoms with E-state index in [1.807, 2.05) is 12.1 Å². The second-order valence-corrected chi connectivity index (χ2v) is 7.56. The number of hydrogen-bond donors (Lipinski definition) is 1. The first-order chi connectivity index (χ1) is 9.91. The molecule has 2 atom stereocenters. The Bertz CT molecular complexity index is 577. The van der Waals surface area contributed by atoms with E-state index in [1.165, 1.54) is 6.26 Å². The highest BCUT2D eigenvalue weighted by molar-refractivity contribution is 7.88. The van der Waals surface area contributed by atoms with Crippen molar-refractivity contribution in [1.82, 2.24) is 9.29 Å². The second kappa shape index (κ2) is 6.72. The molecule has 2 heterocycles. The topological polar surface area (TPSA) is 85.5 Å². The molecule has 21 heavy (non-hydrogen) atoms. The van der Waals surface area contributed by atoms with Crippen LogP contribution in [-0.2, 0) is 10.0 Å². The lowest BCUT2D eigenvalue weighted by atomic mass is 9.90. The first-order valence-electron chi connectivity index (χ1n) is 7.11. The molecule has 1 fully saturated rings. The van der Waals surface area contributed by atoms with E-state index in [2.05, 4.69) is 4.98 Å². The number of nitrogens with two attached hydrogens (primary N) is 1. The highest BCUT2D eigenvalue weighted by Gasteiger charge is 2.27. The summed E-state index contributed by atoms with van der Waals surface area (Å²) in [6.45, 7) is 1.16. The van der Waals surface area contributed by atoms with Crippen LogP contribution in [0.15, 0.2) is 18.3 Å². The fourth-order valence-electron chi connectivity index (χ4n) is 2.86. The Balaban J connectivity index is 2.04.